The summed E-state index contributed by atoms with van der Waals surface area (Å²) in [6.07, 6.45) is 1.91. The highest BCUT2D eigenvalue weighted by atomic mass is 35.5. The summed E-state index contributed by atoms with van der Waals surface area (Å²) in [6.45, 7) is 11.8. The van der Waals surface area contributed by atoms with Gasteiger partial charge in [0.15, 0.2) is 9.84 Å². The highest BCUT2D eigenvalue weighted by Crippen LogP contribution is 2.45. The summed E-state index contributed by atoms with van der Waals surface area (Å²) in [5.41, 5.74) is 4.73. The van der Waals surface area contributed by atoms with Crippen LogP contribution in [0.4, 0.5) is 32.8 Å². The predicted octanol–water partition coefficient (Wildman–Crippen LogP) is 10.4. The van der Waals surface area contributed by atoms with Crippen LogP contribution in [0.2, 0.25) is 5.02 Å². The van der Waals surface area contributed by atoms with Crippen LogP contribution in [0.1, 0.15) is 32.0 Å². The first-order chi connectivity index (χ1) is 33.4. The fraction of sp³-hybridized carbons (Fsp3) is 0.333. The molecule has 0 spiro atoms. The molecule has 0 radical (unpaired) electrons. The number of piperazine rings is 1. The van der Waals surface area contributed by atoms with Crippen molar-refractivity contribution in [2.24, 2.45) is 0 Å². The number of hydrogen-bond donors (Lipinski definition) is 3. The summed E-state index contributed by atoms with van der Waals surface area (Å²) in [5.74, 6) is 0.166. The van der Waals surface area contributed by atoms with Gasteiger partial charge in [0.25, 0.3) is 5.69 Å². The van der Waals surface area contributed by atoms with Crippen LogP contribution in [0.25, 0.3) is 22.4 Å². The molecule has 2 saturated heterocycles. The Hall–Kier alpha value is -5.39. The smallest absolute Gasteiger partial charge is 0.321 e. The van der Waals surface area contributed by atoms with Crippen molar-refractivity contribution in [1.82, 2.24) is 9.47 Å². The number of ether oxygens (including phenoxy) is 1. The van der Waals surface area contributed by atoms with E-state index in [1.54, 1.807) is 43.0 Å². The maximum atomic E-state index is 15.7. The van der Waals surface area contributed by atoms with Gasteiger partial charge in [0.2, 0.25) is 0 Å². The molecule has 2 fully saturated rings. The van der Waals surface area contributed by atoms with E-state index in [1.165, 1.54) is 36.6 Å². The van der Waals surface area contributed by atoms with E-state index in [4.69, 9.17) is 16.3 Å². The van der Waals surface area contributed by atoms with Crippen molar-refractivity contribution in [2.45, 2.75) is 49.1 Å². The lowest BCUT2D eigenvalue weighted by Crippen LogP contribution is -2.46. The Morgan fingerprint density at radius 1 is 0.871 bits per heavy atom. The summed E-state index contributed by atoms with van der Waals surface area (Å²) in [6, 6.07) is 32.8. The fourth-order valence-electron chi connectivity index (χ4n) is 9.33. The van der Waals surface area contributed by atoms with Gasteiger partial charge in [-0.2, -0.15) is 0 Å². The van der Waals surface area contributed by atoms with Crippen LogP contribution in [0, 0.1) is 22.9 Å². The number of nitro groups is 1. The maximum absolute atomic E-state index is 15.7. The molecule has 370 valence electrons. The lowest BCUT2D eigenvalue weighted by molar-refractivity contribution is -0.383. The van der Waals surface area contributed by atoms with Gasteiger partial charge in [-0.05, 0) is 117 Å². The number of rotatable bonds is 18. The molecule has 14 nitrogen and oxygen atoms in total. The summed E-state index contributed by atoms with van der Waals surface area (Å²) >= 11 is 7.92. The molecule has 2 atom stereocenters. The Bertz CT molecular complexity index is 2970. The zero-order valence-electron chi connectivity index (χ0n) is 39.6. The number of nitrogens with one attached hydrogen (secondary N) is 2. The highest BCUT2D eigenvalue weighted by Gasteiger charge is 2.32. The van der Waals surface area contributed by atoms with Gasteiger partial charge in [-0.25, -0.2) is 12.8 Å². The lowest BCUT2D eigenvalue weighted by Gasteiger charge is -2.37. The van der Waals surface area contributed by atoms with E-state index in [0.717, 1.165) is 42.2 Å². The van der Waals surface area contributed by atoms with Gasteiger partial charge in [-0.1, -0.05) is 41.9 Å². The number of aromatic nitrogens is 1. The standard InChI is InChI=1S/C51H58ClFN7O7PS2/c1-35(2)59-36(3)51(70(4,65)66)49(50(59)37-10-12-39(52)13-11-37)38-30-40(53)32-44(31-38)58-24-22-57(23-25-58)43-16-14-41(15-17-43)55-68(63,64)45-18-19-47(48(33-45)60(61)62)54-42(20-21-56-26-28-67-29-27-56)34-69-46-8-6-5-7-9-46/h5-19,30-33,35,42,54H,20-29,34H2,1-4H3,(H2,55,63,64). The van der Waals surface area contributed by atoms with Crippen molar-refractivity contribution in [3.8, 4) is 22.4 Å². The van der Waals surface area contributed by atoms with Crippen LogP contribution in [0.15, 0.2) is 125 Å². The van der Waals surface area contributed by atoms with E-state index in [2.05, 4.69) is 25.1 Å². The Labute approximate surface area is 418 Å². The Morgan fingerprint density at radius 2 is 1.53 bits per heavy atom. The molecule has 2 aliphatic rings. The summed E-state index contributed by atoms with van der Waals surface area (Å²) in [4.78, 5) is 31.0. The SMILES string of the molecule is Cc1c(S(C)(=O)=O)c(-c2cc(F)cc(N3CCN(c4ccc(NP(=O)(O)c5ccc(NC(CCN6CCOCC6)CSc6ccccc6)c([N+](=O)[O-])c5)cc4)CC3)c2)c(-c2ccc(Cl)cc2)n1C(C)C. The van der Waals surface area contributed by atoms with Gasteiger partial charge in [0, 0.05) is 114 Å². The van der Waals surface area contributed by atoms with E-state index >= 15 is 4.39 Å². The number of nitro benzene ring substituents is 1. The number of sulfone groups is 1. The van der Waals surface area contributed by atoms with Crippen molar-refractivity contribution < 1.29 is 31.9 Å². The molecule has 3 N–H and O–H groups in total. The number of nitrogens with zero attached hydrogens (tertiary/aromatic N) is 5. The largest absolute Gasteiger partial charge is 0.379 e. The molecule has 2 aliphatic heterocycles. The van der Waals surface area contributed by atoms with Crippen LogP contribution < -0.4 is 25.5 Å². The van der Waals surface area contributed by atoms with Crippen LogP contribution in [-0.4, -0.2) is 105 Å². The minimum atomic E-state index is -4.33. The number of thioether (sulfide) groups is 1. The molecule has 6 aromatic rings. The van der Waals surface area contributed by atoms with Gasteiger partial charge >= 0.3 is 7.52 Å². The molecule has 70 heavy (non-hydrogen) atoms. The van der Waals surface area contributed by atoms with Crippen molar-refractivity contribution in [3.63, 3.8) is 0 Å². The predicted molar refractivity (Wildman–Crippen MR) is 282 cm³/mol. The van der Waals surface area contributed by atoms with E-state index in [-0.39, 0.29) is 33.7 Å². The lowest BCUT2D eigenvalue weighted by atomic mass is 9.99. The summed E-state index contributed by atoms with van der Waals surface area (Å²) < 4.78 is 64.1. The quantitative estimate of drug-likeness (QED) is 0.0323. The normalized spacial score (nSPS) is 16.0. The van der Waals surface area contributed by atoms with Gasteiger partial charge in [0.05, 0.1) is 34.0 Å². The van der Waals surface area contributed by atoms with Gasteiger partial charge in [0.1, 0.15) is 11.5 Å². The Kier molecular flexibility index (Phi) is 16.0. The first-order valence-corrected chi connectivity index (χ1v) is 28.1. The fourth-order valence-corrected chi connectivity index (χ4v) is 12.9. The molecule has 0 aliphatic carbocycles. The van der Waals surface area contributed by atoms with Gasteiger partial charge in [-0.15, -0.1) is 11.8 Å². The second-order valence-corrected chi connectivity index (χ2v) is 23.3. The monoisotopic (exact) mass is 1030 g/mol. The van der Waals surface area contributed by atoms with Crippen LogP contribution in [0.5, 0.6) is 0 Å². The van der Waals surface area contributed by atoms with Gasteiger partial charge < -0.3 is 34.4 Å². The zero-order valence-corrected chi connectivity index (χ0v) is 42.8. The molecule has 19 heteroatoms. The first-order valence-electron chi connectivity index (χ1n) is 23.2. The molecule has 0 saturated carbocycles. The Balaban J connectivity index is 0.948. The molecule has 1 aromatic heterocycles. The van der Waals surface area contributed by atoms with Crippen LogP contribution in [0.3, 0.4) is 0 Å². The topological polar surface area (TPSA) is 163 Å². The molecular formula is C51H58ClFN7O7PS2. The number of halogens is 2. The molecule has 5 aromatic carbocycles. The van der Waals surface area contributed by atoms with E-state index in [9.17, 15) is 28.0 Å². The second kappa shape index (κ2) is 21.9. The van der Waals surface area contributed by atoms with E-state index in [1.807, 2.05) is 79.1 Å². The Morgan fingerprint density at radius 3 is 2.16 bits per heavy atom. The third-order valence-electron chi connectivity index (χ3n) is 12.7. The molecule has 2 unspecified atom stereocenters. The van der Waals surface area contributed by atoms with Crippen LogP contribution in [-0.2, 0) is 19.1 Å². The maximum Gasteiger partial charge on any atom is 0.321 e. The molecule has 3 heterocycles. The highest BCUT2D eigenvalue weighted by molar-refractivity contribution is 7.99. The van der Waals surface area contributed by atoms with Crippen molar-refractivity contribution in [2.75, 3.05) is 91.2 Å². The van der Waals surface area contributed by atoms with Gasteiger partial charge in [-0.3, -0.25) is 19.6 Å². The number of benzene rings is 5. The van der Waals surface area contributed by atoms with E-state index in [0.29, 0.717) is 84.1 Å². The minimum Gasteiger partial charge on any atom is -0.379 e. The first kappa shape index (κ1) is 51.0. The van der Waals surface area contributed by atoms with Crippen molar-refractivity contribution >= 4 is 74.5 Å². The van der Waals surface area contributed by atoms with Crippen molar-refractivity contribution in [3.05, 3.63) is 142 Å². The molecule has 0 amide bonds. The molecular weight excluding hydrogens is 972 g/mol. The average molecular weight is 1030 g/mol. The van der Waals surface area contributed by atoms with E-state index < -0.39 is 28.1 Å². The summed E-state index contributed by atoms with van der Waals surface area (Å²) in [7, 11) is -8.09. The summed E-state index contributed by atoms with van der Waals surface area (Å²) in [5, 5.41) is 19.0. The second-order valence-electron chi connectivity index (χ2n) is 18.0. The molecule has 0 bridgehead atoms. The third-order valence-corrected chi connectivity index (χ3v) is 16.9. The number of morpholine rings is 1. The average Bonchev–Trinajstić information content (AvgIpc) is 3.67. The molecule has 8 rings (SSSR count). The zero-order chi connectivity index (χ0) is 49.7. The number of anilines is 4. The van der Waals surface area contributed by atoms with Crippen LogP contribution >= 0.6 is 30.9 Å². The minimum absolute atomic E-state index is 0.102. The third kappa shape index (κ3) is 12.0. The van der Waals surface area contributed by atoms with Crippen molar-refractivity contribution in [1.29, 1.82) is 0 Å². The number of hydrogen-bond acceptors (Lipinski definition) is 11.